The summed E-state index contributed by atoms with van der Waals surface area (Å²) in [6.45, 7) is 7.04. The highest BCUT2D eigenvalue weighted by atomic mass is 15.2. The number of hydrogen-bond acceptors (Lipinski definition) is 2. The van der Waals surface area contributed by atoms with E-state index in [-0.39, 0.29) is 0 Å². The van der Waals surface area contributed by atoms with Crippen molar-refractivity contribution in [1.29, 1.82) is 0 Å². The van der Waals surface area contributed by atoms with Crippen molar-refractivity contribution in [3.63, 3.8) is 0 Å². The highest BCUT2D eigenvalue weighted by Gasteiger charge is 2.21. The molecule has 1 unspecified atom stereocenters. The Kier molecular flexibility index (Phi) is 7.10. The van der Waals surface area contributed by atoms with Gasteiger partial charge in [-0.15, -0.1) is 0 Å². The van der Waals surface area contributed by atoms with E-state index in [1.54, 1.807) is 0 Å². The number of likely N-dealkylation sites (tertiary alicyclic amines) is 1. The van der Waals surface area contributed by atoms with Crippen molar-refractivity contribution in [3.8, 4) is 0 Å². The third kappa shape index (κ3) is 5.64. The molecule has 2 heteroatoms. The first kappa shape index (κ1) is 15.5. The van der Waals surface area contributed by atoms with Crippen LogP contribution in [0.25, 0.3) is 0 Å². The molecule has 1 aliphatic heterocycles. The summed E-state index contributed by atoms with van der Waals surface area (Å²) in [6, 6.07) is 11.5. The molecule has 0 radical (unpaired) electrons. The molecule has 0 bridgehead atoms. The Bertz CT molecular complexity index is 350. The zero-order chi connectivity index (χ0) is 14.0. The van der Waals surface area contributed by atoms with Gasteiger partial charge in [0.05, 0.1) is 0 Å². The molecule has 2 rings (SSSR count). The van der Waals surface area contributed by atoms with Gasteiger partial charge in [0.1, 0.15) is 0 Å². The number of unbranched alkanes of at least 4 members (excludes halogenated alkanes) is 4. The molecule has 1 heterocycles. The lowest BCUT2D eigenvalue weighted by Crippen LogP contribution is -2.33. The van der Waals surface area contributed by atoms with Crippen molar-refractivity contribution in [1.82, 2.24) is 10.2 Å². The first-order valence-electron chi connectivity index (χ1n) is 8.38. The van der Waals surface area contributed by atoms with Crippen molar-refractivity contribution in [2.75, 3.05) is 19.6 Å². The van der Waals surface area contributed by atoms with Crippen LogP contribution in [0.5, 0.6) is 0 Å². The molecule has 1 aromatic carbocycles. The van der Waals surface area contributed by atoms with Gasteiger partial charge in [-0.1, -0.05) is 62.9 Å². The van der Waals surface area contributed by atoms with Crippen LogP contribution in [-0.4, -0.2) is 30.6 Å². The number of rotatable bonds is 9. The fourth-order valence-electron chi connectivity index (χ4n) is 3.02. The molecule has 1 N–H and O–H groups in total. The zero-order valence-corrected chi connectivity index (χ0v) is 13.0. The van der Waals surface area contributed by atoms with Crippen LogP contribution in [0.4, 0.5) is 0 Å². The first-order chi connectivity index (χ1) is 9.88. The average molecular weight is 274 g/mol. The number of nitrogens with zero attached hydrogens (tertiary/aromatic N) is 1. The normalized spacial score (nSPS) is 19.6. The average Bonchev–Trinajstić information content (AvgIpc) is 2.91. The van der Waals surface area contributed by atoms with Gasteiger partial charge in [-0.3, -0.25) is 4.90 Å². The molecular weight excluding hydrogens is 244 g/mol. The molecule has 1 aromatic rings. The third-order valence-electron chi connectivity index (χ3n) is 4.23. The minimum atomic E-state index is 0.713. The summed E-state index contributed by atoms with van der Waals surface area (Å²) in [4.78, 5) is 2.57. The van der Waals surface area contributed by atoms with E-state index < -0.39 is 0 Å². The molecule has 0 aliphatic carbocycles. The summed E-state index contributed by atoms with van der Waals surface area (Å²) in [7, 11) is 0. The summed E-state index contributed by atoms with van der Waals surface area (Å²) >= 11 is 0. The maximum Gasteiger partial charge on any atom is 0.0234 e. The second kappa shape index (κ2) is 9.15. The Hall–Kier alpha value is -0.860. The lowest BCUT2D eigenvalue weighted by molar-refractivity contribution is 0.320. The SMILES string of the molecule is CCCCCCCNC1CCN(Cc2ccccc2)C1. The predicted molar refractivity (Wildman–Crippen MR) is 86.9 cm³/mol. The number of nitrogens with one attached hydrogen (secondary N) is 1. The minimum absolute atomic E-state index is 0.713. The first-order valence-corrected chi connectivity index (χ1v) is 8.38. The predicted octanol–water partition coefficient (Wildman–Crippen LogP) is 3.82. The largest absolute Gasteiger partial charge is 0.313 e. The van der Waals surface area contributed by atoms with E-state index in [0.29, 0.717) is 6.04 Å². The molecule has 1 fully saturated rings. The lowest BCUT2D eigenvalue weighted by Gasteiger charge is -2.16. The molecule has 1 saturated heterocycles. The molecule has 0 aromatic heterocycles. The summed E-state index contributed by atoms with van der Waals surface area (Å²) < 4.78 is 0. The Balaban J connectivity index is 1.56. The van der Waals surface area contributed by atoms with Gasteiger partial charge in [0.2, 0.25) is 0 Å². The van der Waals surface area contributed by atoms with Crippen molar-refractivity contribution >= 4 is 0 Å². The maximum absolute atomic E-state index is 3.73. The Morgan fingerprint density at radius 3 is 2.70 bits per heavy atom. The Morgan fingerprint density at radius 2 is 1.90 bits per heavy atom. The van der Waals surface area contributed by atoms with Crippen LogP contribution in [0.2, 0.25) is 0 Å². The lowest BCUT2D eigenvalue weighted by atomic mass is 10.1. The third-order valence-corrected chi connectivity index (χ3v) is 4.23. The summed E-state index contributed by atoms with van der Waals surface area (Å²) in [5, 5.41) is 3.73. The Morgan fingerprint density at radius 1 is 1.10 bits per heavy atom. The monoisotopic (exact) mass is 274 g/mol. The van der Waals surface area contributed by atoms with Crippen LogP contribution in [0.15, 0.2) is 30.3 Å². The second-order valence-electron chi connectivity index (χ2n) is 6.07. The van der Waals surface area contributed by atoms with Crippen LogP contribution >= 0.6 is 0 Å². The van der Waals surface area contributed by atoms with Gasteiger partial charge in [0.15, 0.2) is 0 Å². The van der Waals surface area contributed by atoms with Crippen molar-refractivity contribution in [2.24, 2.45) is 0 Å². The quantitative estimate of drug-likeness (QED) is 0.689. The van der Waals surface area contributed by atoms with Gasteiger partial charge in [0.25, 0.3) is 0 Å². The van der Waals surface area contributed by atoms with E-state index in [2.05, 4.69) is 47.5 Å². The molecule has 1 aliphatic rings. The van der Waals surface area contributed by atoms with E-state index in [4.69, 9.17) is 0 Å². The van der Waals surface area contributed by atoms with Gasteiger partial charge in [0, 0.05) is 25.7 Å². The van der Waals surface area contributed by atoms with Crippen LogP contribution in [0.1, 0.15) is 51.0 Å². The Labute approximate surface area is 124 Å². The van der Waals surface area contributed by atoms with Gasteiger partial charge in [-0.05, 0) is 24.9 Å². The number of hydrogen-bond donors (Lipinski definition) is 1. The molecule has 112 valence electrons. The summed E-state index contributed by atoms with van der Waals surface area (Å²) in [5.74, 6) is 0. The van der Waals surface area contributed by atoms with E-state index in [1.807, 2.05) is 0 Å². The molecular formula is C18H30N2. The molecule has 20 heavy (non-hydrogen) atoms. The van der Waals surface area contributed by atoms with E-state index in [1.165, 1.54) is 63.7 Å². The smallest absolute Gasteiger partial charge is 0.0234 e. The van der Waals surface area contributed by atoms with Crippen molar-refractivity contribution < 1.29 is 0 Å². The molecule has 0 saturated carbocycles. The number of benzene rings is 1. The summed E-state index contributed by atoms with van der Waals surface area (Å²) in [6.07, 6.45) is 8.18. The maximum atomic E-state index is 3.73. The van der Waals surface area contributed by atoms with Crippen molar-refractivity contribution in [2.45, 2.75) is 58.0 Å². The highest BCUT2D eigenvalue weighted by molar-refractivity contribution is 5.14. The van der Waals surface area contributed by atoms with E-state index in [9.17, 15) is 0 Å². The topological polar surface area (TPSA) is 15.3 Å². The van der Waals surface area contributed by atoms with Gasteiger partial charge < -0.3 is 5.32 Å². The fraction of sp³-hybridized carbons (Fsp3) is 0.667. The molecule has 2 nitrogen and oxygen atoms in total. The van der Waals surface area contributed by atoms with Crippen LogP contribution in [0.3, 0.4) is 0 Å². The second-order valence-corrected chi connectivity index (χ2v) is 6.07. The van der Waals surface area contributed by atoms with Crippen molar-refractivity contribution in [3.05, 3.63) is 35.9 Å². The molecule has 0 amide bonds. The standard InChI is InChI=1S/C18H30N2/c1-2-3-4-5-9-13-19-18-12-14-20(16-18)15-17-10-7-6-8-11-17/h6-8,10-11,18-19H,2-5,9,12-16H2,1H3. The van der Waals surface area contributed by atoms with Crippen LogP contribution in [-0.2, 0) is 6.54 Å². The van der Waals surface area contributed by atoms with Crippen LogP contribution < -0.4 is 5.32 Å². The van der Waals surface area contributed by atoms with E-state index >= 15 is 0 Å². The van der Waals surface area contributed by atoms with Gasteiger partial charge >= 0.3 is 0 Å². The van der Waals surface area contributed by atoms with Crippen LogP contribution in [0, 0.1) is 0 Å². The summed E-state index contributed by atoms with van der Waals surface area (Å²) in [5.41, 5.74) is 1.44. The fourth-order valence-corrected chi connectivity index (χ4v) is 3.02. The zero-order valence-electron chi connectivity index (χ0n) is 13.0. The highest BCUT2D eigenvalue weighted by Crippen LogP contribution is 2.13. The molecule has 0 spiro atoms. The van der Waals surface area contributed by atoms with Gasteiger partial charge in [-0.2, -0.15) is 0 Å². The van der Waals surface area contributed by atoms with E-state index in [0.717, 1.165) is 6.54 Å². The molecule has 1 atom stereocenters. The van der Waals surface area contributed by atoms with Gasteiger partial charge in [-0.25, -0.2) is 0 Å². The minimum Gasteiger partial charge on any atom is -0.313 e.